The van der Waals surface area contributed by atoms with Crippen LogP contribution in [0, 0.1) is 5.41 Å². The van der Waals surface area contributed by atoms with Gasteiger partial charge in [-0.2, -0.15) is 0 Å². The lowest BCUT2D eigenvalue weighted by atomic mass is 9.69. The molecular formula is C11H21NO2. The number of hydrogen-bond acceptors (Lipinski definition) is 2. The first-order valence-corrected chi connectivity index (χ1v) is 5.60. The standard InChI is InChI=1S/C11H21NO2/c1-3-11(4-2)6-5-7-12-9(11)8-10(13)14/h9,12H,3-8H2,1-2H3,(H,13,14). The molecule has 0 aromatic heterocycles. The zero-order valence-electron chi connectivity index (χ0n) is 9.18. The molecule has 1 saturated heterocycles. The summed E-state index contributed by atoms with van der Waals surface area (Å²) in [7, 11) is 0. The molecule has 0 aromatic rings. The van der Waals surface area contributed by atoms with Gasteiger partial charge in [-0.15, -0.1) is 0 Å². The van der Waals surface area contributed by atoms with E-state index in [2.05, 4.69) is 19.2 Å². The molecule has 0 saturated carbocycles. The molecular weight excluding hydrogens is 178 g/mol. The van der Waals surface area contributed by atoms with Gasteiger partial charge in [0.2, 0.25) is 0 Å². The molecule has 82 valence electrons. The Kier molecular flexibility index (Phi) is 3.93. The van der Waals surface area contributed by atoms with Crippen LogP contribution in [0.25, 0.3) is 0 Å². The second-order valence-corrected chi connectivity index (χ2v) is 4.28. The molecule has 1 rings (SSSR count). The van der Waals surface area contributed by atoms with Crippen LogP contribution in [-0.4, -0.2) is 23.7 Å². The summed E-state index contributed by atoms with van der Waals surface area (Å²) in [4.78, 5) is 10.7. The first kappa shape index (κ1) is 11.5. The fraction of sp³-hybridized carbons (Fsp3) is 0.909. The summed E-state index contributed by atoms with van der Waals surface area (Å²) in [6, 6.07) is 0.170. The molecule has 1 unspecified atom stereocenters. The third-order valence-electron chi connectivity index (χ3n) is 3.77. The maximum atomic E-state index is 10.7. The Morgan fingerprint density at radius 2 is 2.14 bits per heavy atom. The lowest BCUT2D eigenvalue weighted by Gasteiger charge is -2.43. The van der Waals surface area contributed by atoms with Crippen LogP contribution < -0.4 is 5.32 Å². The van der Waals surface area contributed by atoms with Crippen molar-refractivity contribution < 1.29 is 9.90 Å². The fourth-order valence-corrected chi connectivity index (χ4v) is 2.67. The summed E-state index contributed by atoms with van der Waals surface area (Å²) in [6.07, 6.45) is 4.77. The van der Waals surface area contributed by atoms with Gasteiger partial charge in [0.05, 0.1) is 6.42 Å². The zero-order chi connectivity index (χ0) is 10.6. The maximum absolute atomic E-state index is 10.7. The SMILES string of the molecule is CCC1(CC)CCCNC1CC(=O)O. The number of aliphatic carboxylic acids is 1. The summed E-state index contributed by atoms with van der Waals surface area (Å²) in [6.45, 7) is 5.32. The summed E-state index contributed by atoms with van der Waals surface area (Å²) in [5.74, 6) is -0.685. The predicted octanol–water partition coefficient (Wildman–Crippen LogP) is 2.02. The van der Waals surface area contributed by atoms with E-state index in [1.165, 1.54) is 12.8 Å². The van der Waals surface area contributed by atoms with Crippen molar-refractivity contribution in [2.75, 3.05) is 6.54 Å². The quantitative estimate of drug-likeness (QED) is 0.728. The molecule has 3 nitrogen and oxygen atoms in total. The van der Waals surface area contributed by atoms with E-state index in [1.54, 1.807) is 0 Å². The van der Waals surface area contributed by atoms with Crippen molar-refractivity contribution in [3.05, 3.63) is 0 Å². The summed E-state index contributed by atoms with van der Waals surface area (Å²) >= 11 is 0. The van der Waals surface area contributed by atoms with Crippen molar-refractivity contribution in [2.45, 2.75) is 52.0 Å². The lowest BCUT2D eigenvalue weighted by molar-refractivity contribution is -0.138. The van der Waals surface area contributed by atoms with Crippen molar-refractivity contribution in [1.29, 1.82) is 0 Å². The molecule has 0 aromatic carbocycles. The topological polar surface area (TPSA) is 49.3 Å². The van der Waals surface area contributed by atoms with Crippen molar-refractivity contribution in [3.8, 4) is 0 Å². The largest absolute Gasteiger partial charge is 0.481 e. The van der Waals surface area contributed by atoms with Gasteiger partial charge in [0.1, 0.15) is 0 Å². The van der Waals surface area contributed by atoms with E-state index >= 15 is 0 Å². The average molecular weight is 199 g/mol. The van der Waals surface area contributed by atoms with Crippen molar-refractivity contribution >= 4 is 5.97 Å². The average Bonchev–Trinajstić information content (AvgIpc) is 2.18. The van der Waals surface area contributed by atoms with E-state index in [4.69, 9.17) is 5.11 Å². The van der Waals surface area contributed by atoms with Crippen LogP contribution in [0.1, 0.15) is 46.0 Å². The Morgan fingerprint density at radius 3 is 2.64 bits per heavy atom. The van der Waals surface area contributed by atoms with Crippen LogP contribution in [0.15, 0.2) is 0 Å². The highest BCUT2D eigenvalue weighted by atomic mass is 16.4. The van der Waals surface area contributed by atoms with E-state index in [-0.39, 0.29) is 17.9 Å². The van der Waals surface area contributed by atoms with E-state index < -0.39 is 5.97 Å². The normalized spacial score (nSPS) is 26.0. The summed E-state index contributed by atoms with van der Waals surface area (Å²) in [5.41, 5.74) is 0.219. The van der Waals surface area contributed by atoms with Gasteiger partial charge >= 0.3 is 5.97 Å². The molecule has 0 amide bonds. The smallest absolute Gasteiger partial charge is 0.304 e. The number of rotatable bonds is 4. The van der Waals surface area contributed by atoms with E-state index in [0.717, 1.165) is 19.4 Å². The minimum absolute atomic E-state index is 0.170. The molecule has 1 aliphatic heterocycles. The molecule has 0 bridgehead atoms. The number of piperidine rings is 1. The number of hydrogen-bond donors (Lipinski definition) is 2. The Labute approximate surface area is 85.9 Å². The fourth-order valence-electron chi connectivity index (χ4n) is 2.67. The third-order valence-corrected chi connectivity index (χ3v) is 3.77. The first-order valence-electron chi connectivity index (χ1n) is 5.60. The molecule has 2 N–H and O–H groups in total. The van der Waals surface area contributed by atoms with Gasteiger partial charge in [0, 0.05) is 6.04 Å². The first-order chi connectivity index (χ1) is 6.64. The van der Waals surface area contributed by atoms with Crippen LogP contribution >= 0.6 is 0 Å². The molecule has 1 atom stereocenters. The summed E-state index contributed by atoms with van der Waals surface area (Å²) in [5, 5.41) is 12.2. The van der Waals surface area contributed by atoms with Crippen LogP contribution in [0.2, 0.25) is 0 Å². The van der Waals surface area contributed by atoms with E-state index in [1.807, 2.05) is 0 Å². The molecule has 0 radical (unpaired) electrons. The van der Waals surface area contributed by atoms with Gasteiger partial charge in [0.25, 0.3) is 0 Å². The molecule has 0 spiro atoms. The van der Waals surface area contributed by atoms with Crippen molar-refractivity contribution in [1.82, 2.24) is 5.32 Å². The monoisotopic (exact) mass is 199 g/mol. The lowest BCUT2D eigenvalue weighted by Crippen LogP contribution is -2.50. The Bertz CT molecular complexity index is 199. The second-order valence-electron chi connectivity index (χ2n) is 4.28. The molecule has 0 aliphatic carbocycles. The van der Waals surface area contributed by atoms with E-state index in [0.29, 0.717) is 0 Å². The number of carboxylic acid groups (broad SMARTS) is 1. The van der Waals surface area contributed by atoms with Gasteiger partial charge in [-0.25, -0.2) is 0 Å². The number of carbonyl (C=O) groups is 1. The number of carboxylic acids is 1. The molecule has 14 heavy (non-hydrogen) atoms. The molecule has 3 heteroatoms. The minimum atomic E-state index is -0.685. The Hall–Kier alpha value is -0.570. The van der Waals surface area contributed by atoms with Gasteiger partial charge in [0.15, 0.2) is 0 Å². The molecule has 1 fully saturated rings. The van der Waals surface area contributed by atoms with Crippen LogP contribution in [0.4, 0.5) is 0 Å². The second kappa shape index (κ2) is 4.78. The molecule has 1 aliphatic rings. The highest BCUT2D eigenvalue weighted by Gasteiger charge is 2.38. The number of nitrogens with one attached hydrogen (secondary N) is 1. The molecule has 1 heterocycles. The van der Waals surface area contributed by atoms with Crippen LogP contribution in [0.5, 0.6) is 0 Å². The summed E-state index contributed by atoms with van der Waals surface area (Å²) < 4.78 is 0. The van der Waals surface area contributed by atoms with E-state index in [9.17, 15) is 4.79 Å². The van der Waals surface area contributed by atoms with Gasteiger partial charge < -0.3 is 10.4 Å². The van der Waals surface area contributed by atoms with Gasteiger partial charge in [-0.1, -0.05) is 13.8 Å². The minimum Gasteiger partial charge on any atom is -0.481 e. The van der Waals surface area contributed by atoms with Crippen LogP contribution in [0.3, 0.4) is 0 Å². The highest BCUT2D eigenvalue weighted by molar-refractivity contribution is 5.67. The highest BCUT2D eigenvalue weighted by Crippen LogP contribution is 2.39. The Morgan fingerprint density at radius 1 is 1.50 bits per heavy atom. The van der Waals surface area contributed by atoms with Crippen molar-refractivity contribution in [2.24, 2.45) is 5.41 Å². The predicted molar refractivity (Wildman–Crippen MR) is 56.3 cm³/mol. The van der Waals surface area contributed by atoms with Gasteiger partial charge in [-0.3, -0.25) is 4.79 Å². The van der Waals surface area contributed by atoms with Crippen molar-refractivity contribution in [3.63, 3.8) is 0 Å². The maximum Gasteiger partial charge on any atom is 0.304 e. The van der Waals surface area contributed by atoms with Gasteiger partial charge in [-0.05, 0) is 37.6 Å². The zero-order valence-corrected chi connectivity index (χ0v) is 9.18. The van der Waals surface area contributed by atoms with Crippen LogP contribution in [-0.2, 0) is 4.79 Å². The Balaban J connectivity index is 2.71. The third kappa shape index (κ3) is 2.27.